The maximum Gasteiger partial charge on any atom is 0.418 e. The lowest BCUT2D eigenvalue weighted by Gasteiger charge is -2.31. The van der Waals surface area contributed by atoms with Gasteiger partial charge in [0.05, 0.1) is 24.4 Å². The van der Waals surface area contributed by atoms with Gasteiger partial charge in [0.25, 0.3) is 0 Å². The number of nitrogens with one attached hydrogen (secondary N) is 1. The van der Waals surface area contributed by atoms with Gasteiger partial charge in [-0.15, -0.1) is 0 Å². The van der Waals surface area contributed by atoms with Gasteiger partial charge in [-0.05, 0) is 57.0 Å². The van der Waals surface area contributed by atoms with Crippen LogP contribution >= 0.6 is 11.6 Å². The lowest BCUT2D eigenvalue weighted by atomic mass is 10.1. The van der Waals surface area contributed by atoms with Gasteiger partial charge >= 0.3 is 6.18 Å². The van der Waals surface area contributed by atoms with Crippen molar-refractivity contribution in [3.05, 3.63) is 28.8 Å². The van der Waals surface area contributed by atoms with E-state index in [2.05, 4.69) is 10.2 Å². The van der Waals surface area contributed by atoms with E-state index in [9.17, 15) is 23.1 Å². The summed E-state index contributed by atoms with van der Waals surface area (Å²) in [5, 5.41) is 11.8. The van der Waals surface area contributed by atoms with E-state index in [0.29, 0.717) is 0 Å². The van der Waals surface area contributed by atoms with Crippen LogP contribution in [0.5, 0.6) is 0 Å². The minimum atomic E-state index is -4.60. The van der Waals surface area contributed by atoms with Crippen LogP contribution in [0.15, 0.2) is 18.2 Å². The van der Waals surface area contributed by atoms with Crippen LogP contribution in [-0.2, 0) is 11.0 Å². The fourth-order valence-corrected chi connectivity index (χ4v) is 4.33. The number of alkyl halides is 3. The molecule has 0 unspecified atom stereocenters. The number of anilines is 1. The number of amides is 1. The number of benzene rings is 1. The zero-order chi connectivity index (χ0) is 20.3. The topological polar surface area (TPSA) is 55.8 Å². The Bertz CT molecular complexity index is 701. The lowest BCUT2D eigenvalue weighted by Crippen LogP contribution is -2.45. The first-order valence-electron chi connectivity index (χ1n) is 9.53. The van der Waals surface area contributed by atoms with E-state index in [1.807, 2.05) is 4.90 Å². The molecule has 0 spiro atoms. The molecular weight excluding hydrogens is 395 g/mol. The first-order valence-corrected chi connectivity index (χ1v) is 9.91. The van der Waals surface area contributed by atoms with Crippen molar-refractivity contribution >= 4 is 23.2 Å². The SMILES string of the molecule is O=C(CN1CCC[C@H]1CN1CCC[C@H]1CO)Nc1ccc(Cl)cc1C(F)(F)F. The van der Waals surface area contributed by atoms with Crippen molar-refractivity contribution in [3.8, 4) is 0 Å². The second-order valence-corrected chi connectivity index (χ2v) is 7.91. The second kappa shape index (κ2) is 8.98. The molecule has 0 radical (unpaired) electrons. The molecule has 1 aromatic carbocycles. The summed E-state index contributed by atoms with van der Waals surface area (Å²) in [6, 6.07) is 3.66. The van der Waals surface area contributed by atoms with Crippen molar-refractivity contribution in [2.45, 2.75) is 43.9 Å². The number of likely N-dealkylation sites (tertiary alicyclic amines) is 2. The van der Waals surface area contributed by atoms with Crippen LogP contribution in [0.4, 0.5) is 18.9 Å². The summed E-state index contributed by atoms with van der Waals surface area (Å²) in [5.41, 5.74) is -1.23. The minimum Gasteiger partial charge on any atom is -0.395 e. The van der Waals surface area contributed by atoms with Crippen molar-refractivity contribution in [1.82, 2.24) is 9.80 Å². The van der Waals surface area contributed by atoms with Gasteiger partial charge in [0, 0.05) is 23.7 Å². The Morgan fingerprint density at radius 2 is 1.86 bits per heavy atom. The van der Waals surface area contributed by atoms with E-state index in [1.165, 1.54) is 12.1 Å². The lowest BCUT2D eigenvalue weighted by molar-refractivity contribution is -0.137. The number of carbonyl (C=O) groups excluding carboxylic acids is 1. The number of hydrogen-bond donors (Lipinski definition) is 2. The van der Waals surface area contributed by atoms with Crippen molar-refractivity contribution in [2.24, 2.45) is 0 Å². The normalized spacial score (nSPS) is 24.0. The molecule has 0 saturated carbocycles. The summed E-state index contributed by atoms with van der Waals surface area (Å²) in [7, 11) is 0. The zero-order valence-electron chi connectivity index (χ0n) is 15.5. The smallest absolute Gasteiger partial charge is 0.395 e. The quantitative estimate of drug-likeness (QED) is 0.743. The largest absolute Gasteiger partial charge is 0.418 e. The van der Waals surface area contributed by atoms with Crippen LogP contribution in [-0.4, -0.2) is 65.7 Å². The number of aliphatic hydroxyl groups is 1. The van der Waals surface area contributed by atoms with Gasteiger partial charge in [0.15, 0.2) is 0 Å². The van der Waals surface area contributed by atoms with Crippen LogP contribution in [0.1, 0.15) is 31.2 Å². The highest BCUT2D eigenvalue weighted by Crippen LogP contribution is 2.36. The fraction of sp³-hybridized carbons (Fsp3) is 0.632. The second-order valence-electron chi connectivity index (χ2n) is 7.48. The molecule has 2 aliphatic heterocycles. The molecule has 9 heteroatoms. The van der Waals surface area contributed by atoms with Crippen molar-refractivity contribution in [1.29, 1.82) is 0 Å². The van der Waals surface area contributed by atoms with Crippen LogP contribution in [0.25, 0.3) is 0 Å². The molecule has 0 bridgehead atoms. The number of rotatable bonds is 6. The first-order chi connectivity index (χ1) is 13.3. The molecule has 2 saturated heterocycles. The first kappa shape index (κ1) is 21.4. The number of halogens is 4. The third-order valence-electron chi connectivity index (χ3n) is 5.56. The van der Waals surface area contributed by atoms with E-state index >= 15 is 0 Å². The summed E-state index contributed by atoms with van der Waals surface area (Å²) in [6.07, 6.45) is -0.685. The summed E-state index contributed by atoms with van der Waals surface area (Å²) in [5.74, 6) is -0.472. The van der Waals surface area contributed by atoms with Crippen LogP contribution in [0, 0.1) is 0 Å². The predicted octanol–water partition coefficient (Wildman–Crippen LogP) is 3.22. The molecule has 2 atom stereocenters. The molecule has 3 rings (SSSR count). The molecular formula is C19H25ClF3N3O2. The van der Waals surface area contributed by atoms with Crippen molar-refractivity contribution in [2.75, 3.05) is 38.1 Å². The van der Waals surface area contributed by atoms with Gasteiger partial charge in [0.2, 0.25) is 5.91 Å². The van der Waals surface area contributed by atoms with Crippen molar-refractivity contribution in [3.63, 3.8) is 0 Å². The molecule has 2 aliphatic rings. The molecule has 0 aromatic heterocycles. The van der Waals surface area contributed by atoms with E-state index in [1.54, 1.807) is 0 Å². The fourth-order valence-electron chi connectivity index (χ4n) is 4.16. The Kier molecular flexibility index (Phi) is 6.85. The number of nitrogens with zero attached hydrogens (tertiary/aromatic N) is 2. The number of aliphatic hydroxyl groups excluding tert-OH is 1. The molecule has 28 heavy (non-hydrogen) atoms. The standard InChI is InChI=1S/C19H25ClF3N3O2/c20-13-5-6-17(16(9-13)19(21,22)23)24-18(28)11-26-8-1-3-14(26)10-25-7-2-4-15(25)12-27/h5-6,9,14-15,27H,1-4,7-8,10-12H2,(H,24,28)/t14-,15-/m0/s1. The Labute approximate surface area is 167 Å². The van der Waals surface area contributed by atoms with Crippen LogP contribution in [0.2, 0.25) is 5.02 Å². The monoisotopic (exact) mass is 419 g/mol. The molecule has 2 heterocycles. The van der Waals surface area contributed by atoms with Crippen molar-refractivity contribution < 1.29 is 23.1 Å². The highest BCUT2D eigenvalue weighted by Gasteiger charge is 2.35. The molecule has 156 valence electrons. The Hall–Kier alpha value is -1.35. The average molecular weight is 420 g/mol. The van der Waals surface area contributed by atoms with E-state index in [0.717, 1.165) is 51.4 Å². The van der Waals surface area contributed by atoms with Gasteiger partial charge in [-0.25, -0.2) is 0 Å². The number of carbonyl (C=O) groups is 1. The highest BCUT2D eigenvalue weighted by atomic mass is 35.5. The summed E-state index contributed by atoms with van der Waals surface area (Å²) >= 11 is 5.68. The van der Waals surface area contributed by atoms with Crippen LogP contribution in [0.3, 0.4) is 0 Å². The highest BCUT2D eigenvalue weighted by molar-refractivity contribution is 6.30. The molecule has 1 amide bonds. The molecule has 5 nitrogen and oxygen atoms in total. The molecule has 1 aromatic rings. The van der Waals surface area contributed by atoms with Gasteiger partial charge in [-0.2, -0.15) is 13.2 Å². The van der Waals surface area contributed by atoms with E-state index in [-0.39, 0.29) is 35.9 Å². The zero-order valence-corrected chi connectivity index (χ0v) is 16.3. The molecule has 2 fully saturated rings. The van der Waals surface area contributed by atoms with Crippen LogP contribution < -0.4 is 5.32 Å². The third-order valence-corrected chi connectivity index (χ3v) is 5.80. The molecule has 0 aliphatic carbocycles. The van der Waals surface area contributed by atoms with Gasteiger partial charge in [-0.3, -0.25) is 14.6 Å². The van der Waals surface area contributed by atoms with Gasteiger partial charge in [-0.1, -0.05) is 11.6 Å². The summed E-state index contributed by atoms with van der Waals surface area (Å²) < 4.78 is 39.6. The third kappa shape index (κ3) is 5.17. The Morgan fingerprint density at radius 3 is 2.54 bits per heavy atom. The maximum absolute atomic E-state index is 13.2. The average Bonchev–Trinajstić information content (AvgIpc) is 3.25. The van der Waals surface area contributed by atoms with E-state index in [4.69, 9.17) is 11.6 Å². The Balaban J connectivity index is 1.61. The molecule has 2 N–H and O–H groups in total. The Morgan fingerprint density at radius 1 is 1.18 bits per heavy atom. The minimum absolute atomic E-state index is 0.0334. The number of hydrogen-bond acceptors (Lipinski definition) is 4. The summed E-state index contributed by atoms with van der Waals surface area (Å²) in [4.78, 5) is 16.7. The predicted molar refractivity (Wildman–Crippen MR) is 101 cm³/mol. The summed E-state index contributed by atoms with van der Waals surface area (Å²) in [6.45, 7) is 2.61. The maximum atomic E-state index is 13.2. The van der Waals surface area contributed by atoms with Gasteiger partial charge < -0.3 is 10.4 Å². The van der Waals surface area contributed by atoms with E-state index < -0.39 is 17.6 Å². The van der Waals surface area contributed by atoms with Gasteiger partial charge in [0.1, 0.15) is 0 Å².